The topological polar surface area (TPSA) is 53.9 Å². The molecule has 2 N–H and O–H groups in total. The molecule has 23 heavy (non-hydrogen) atoms. The normalized spacial score (nSPS) is 21.1. The van der Waals surface area contributed by atoms with Crippen molar-refractivity contribution in [2.75, 3.05) is 33.7 Å². The Morgan fingerprint density at radius 2 is 2.09 bits per heavy atom. The summed E-state index contributed by atoms with van der Waals surface area (Å²) in [6.07, 6.45) is 0. The van der Waals surface area contributed by atoms with Crippen LogP contribution in [0.2, 0.25) is 0 Å². The average molecular weight is 340 g/mol. The fraction of sp³-hybridized carbons (Fsp3) is 0.500. The molecule has 0 bridgehead atoms. The highest BCUT2D eigenvalue weighted by Gasteiger charge is 2.40. The molecule has 0 aromatic heterocycles. The second kappa shape index (κ2) is 7.79. The molecule has 7 heteroatoms. The number of rotatable bonds is 6. The molecule has 0 aliphatic carbocycles. The van der Waals surface area contributed by atoms with Gasteiger partial charge in [0, 0.05) is 5.56 Å². The van der Waals surface area contributed by atoms with Crippen LogP contribution in [0, 0.1) is 5.82 Å². The summed E-state index contributed by atoms with van der Waals surface area (Å²) in [7, 11) is 4.01. The van der Waals surface area contributed by atoms with E-state index in [0.717, 1.165) is 6.54 Å². The number of hydrogen-bond donors (Lipinski definition) is 2. The minimum atomic E-state index is -0.455. The first kappa shape index (κ1) is 17.7. The quantitative estimate of drug-likeness (QED) is 0.769. The zero-order valence-electron chi connectivity index (χ0n) is 13.6. The summed E-state index contributed by atoms with van der Waals surface area (Å²) in [5, 5.41) is 2.07. The van der Waals surface area contributed by atoms with Gasteiger partial charge < -0.3 is 15.1 Å². The number of halogens is 1. The first-order chi connectivity index (χ1) is 10.9. The summed E-state index contributed by atoms with van der Waals surface area (Å²) in [4.78, 5) is 27.1. The van der Waals surface area contributed by atoms with E-state index in [4.69, 9.17) is 0 Å². The Hall–Kier alpha value is -1.60. The van der Waals surface area contributed by atoms with Crippen molar-refractivity contribution in [3.63, 3.8) is 0 Å². The van der Waals surface area contributed by atoms with Crippen molar-refractivity contribution >= 4 is 23.6 Å². The van der Waals surface area contributed by atoms with Gasteiger partial charge in [0.25, 0.3) is 0 Å². The van der Waals surface area contributed by atoms with Crippen molar-refractivity contribution in [2.24, 2.45) is 0 Å². The number of likely N-dealkylation sites (N-methyl/N-ethyl adjacent to an activating group) is 1. The van der Waals surface area contributed by atoms with Gasteiger partial charge in [0.2, 0.25) is 11.8 Å². The maximum Gasteiger partial charge on any atom is 0.239 e. The van der Waals surface area contributed by atoms with Crippen molar-refractivity contribution < 1.29 is 18.9 Å². The number of thioether (sulfide) groups is 1. The molecule has 1 aliphatic heterocycles. The minimum absolute atomic E-state index is 0.0437. The van der Waals surface area contributed by atoms with Gasteiger partial charge in [-0.2, -0.15) is 0 Å². The highest BCUT2D eigenvalue weighted by Crippen LogP contribution is 2.43. The van der Waals surface area contributed by atoms with E-state index < -0.39 is 5.37 Å². The molecule has 1 saturated heterocycles. The summed E-state index contributed by atoms with van der Waals surface area (Å²) in [6, 6.07) is 6.40. The number of nitrogens with one attached hydrogen (secondary N) is 2. The lowest BCUT2D eigenvalue weighted by molar-refractivity contribution is -0.856. The highest BCUT2D eigenvalue weighted by molar-refractivity contribution is 8.01. The summed E-state index contributed by atoms with van der Waals surface area (Å²) < 4.78 is 14.0. The molecule has 126 valence electrons. The van der Waals surface area contributed by atoms with Gasteiger partial charge in [0.15, 0.2) is 0 Å². The molecule has 1 fully saturated rings. The van der Waals surface area contributed by atoms with Gasteiger partial charge in [0.05, 0.1) is 32.4 Å². The molecule has 0 unspecified atom stereocenters. The molecule has 2 atom stereocenters. The maximum atomic E-state index is 14.0. The number of carbonyl (C=O) groups excluding carboxylic acids is 2. The second-order valence-electron chi connectivity index (χ2n) is 5.93. The van der Waals surface area contributed by atoms with Crippen molar-refractivity contribution in [2.45, 2.75) is 17.5 Å². The van der Waals surface area contributed by atoms with Crippen molar-refractivity contribution in [3.05, 3.63) is 35.6 Å². The van der Waals surface area contributed by atoms with Crippen molar-refractivity contribution in [3.8, 4) is 0 Å². The van der Waals surface area contributed by atoms with E-state index >= 15 is 0 Å². The Labute approximate surface area is 140 Å². The van der Waals surface area contributed by atoms with E-state index in [2.05, 4.69) is 5.32 Å². The summed E-state index contributed by atoms with van der Waals surface area (Å²) in [5.41, 5.74) is 0.445. The van der Waals surface area contributed by atoms with E-state index in [1.165, 1.54) is 27.6 Å². The zero-order valence-corrected chi connectivity index (χ0v) is 14.5. The SMILES string of the molecule is C[C@H]1S[C@H](c2ccccc2F)N(CC(=O)NCC[NH+](C)C)C1=O. The van der Waals surface area contributed by atoms with Gasteiger partial charge in [0.1, 0.15) is 17.7 Å². The van der Waals surface area contributed by atoms with E-state index in [-0.39, 0.29) is 29.4 Å². The molecule has 1 aliphatic rings. The molecule has 5 nitrogen and oxygen atoms in total. The number of amides is 2. The molecular weight excluding hydrogens is 317 g/mol. The second-order valence-corrected chi connectivity index (χ2v) is 7.35. The van der Waals surface area contributed by atoms with Gasteiger partial charge in [-0.1, -0.05) is 18.2 Å². The molecule has 0 spiro atoms. The van der Waals surface area contributed by atoms with Crippen LogP contribution in [0.5, 0.6) is 0 Å². The largest absolute Gasteiger partial charge is 0.349 e. The summed E-state index contributed by atoms with van der Waals surface area (Å²) in [5.74, 6) is -0.694. The molecule has 1 aromatic carbocycles. The third kappa shape index (κ3) is 4.45. The predicted molar refractivity (Wildman–Crippen MR) is 88.6 cm³/mol. The predicted octanol–water partition coefficient (Wildman–Crippen LogP) is 0.0489. The lowest BCUT2D eigenvalue weighted by atomic mass is 10.2. The first-order valence-electron chi connectivity index (χ1n) is 7.66. The van der Waals surface area contributed by atoms with Crippen LogP contribution in [0.3, 0.4) is 0 Å². The van der Waals surface area contributed by atoms with Gasteiger partial charge in [-0.25, -0.2) is 4.39 Å². The molecule has 0 radical (unpaired) electrons. The van der Waals surface area contributed by atoms with Crippen LogP contribution in [0.25, 0.3) is 0 Å². The smallest absolute Gasteiger partial charge is 0.239 e. The molecule has 2 rings (SSSR count). The monoisotopic (exact) mass is 340 g/mol. The van der Waals surface area contributed by atoms with Gasteiger partial charge >= 0.3 is 0 Å². The number of carbonyl (C=O) groups is 2. The third-order valence-corrected chi connectivity index (χ3v) is 5.06. The van der Waals surface area contributed by atoms with Crippen molar-refractivity contribution in [1.82, 2.24) is 10.2 Å². The van der Waals surface area contributed by atoms with Crippen LogP contribution in [0.15, 0.2) is 24.3 Å². The summed E-state index contributed by atoms with van der Waals surface area (Å²) in [6.45, 7) is 3.10. The standard InChI is InChI=1S/C16H22FN3O2S/c1-11-15(22)20(10-14(21)18-8-9-19(2)3)16(23-11)12-6-4-5-7-13(12)17/h4-7,11,16H,8-10H2,1-3H3,(H,18,21)/p+1/t11-,16-/m1/s1. The highest BCUT2D eigenvalue weighted by atomic mass is 32.2. The molecular formula is C16H23FN3O2S+. The molecule has 1 aromatic rings. The van der Waals surface area contributed by atoms with Crippen molar-refractivity contribution in [1.29, 1.82) is 0 Å². The minimum Gasteiger partial charge on any atom is -0.349 e. The fourth-order valence-corrected chi connectivity index (χ4v) is 3.72. The average Bonchev–Trinajstić information content (AvgIpc) is 2.75. The van der Waals surface area contributed by atoms with E-state index in [9.17, 15) is 14.0 Å². The van der Waals surface area contributed by atoms with Crippen LogP contribution in [-0.2, 0) is 9.59 Å². The molecule has 1 heterocycles. The zero-order chi connectivity index (χ0) is 17.0. The number of benzene rings is 1. The first-order valence-corrected chi connectivity index (χ1v) is 8.60. The summed E-state index contributed by atoms with van der Waals surface area (Å²) >= 11 is 1.37. The van der Waals surface area contributed by atoms with Crippen LogP contribution in [0.1, 0.15) is 17.9 Å². The van der Waals surface area contributed by atoms with E-state index in [0.29, 0.717) is 12.1 Å². The number of hydrogen-bond acceptors (Lipinski definition) is 3. The van der Waals surface area contributed by atoms with Gasteiger partial charge in [-0.3, -0.25) is 9.59 Å². The van der Waals surface area contributed by atoms with Crippen LogP contribution >= 0.6 is 11.8 Å². The molecule has 2 amide bonds. The Kier molecular flexibility index (Phi) is 6.01. The Bertz CT molecular complexity index is 582. The molecule has 0 saturated carbocycles. The Morgan fingerprint density at radius 3 is 2.74 bits per heavy atom. The van der Waals surface area contributed by atoms with Crippen LogP contribution < -0.4 is 10.2 Å². The van der Waals surface area contributed by atoms with Crippen LogP contribution in [0.4, 0.5) is 4.39 Å². The van der Waals surface area contributed by atoms with E-state index in [1.807, 2.05) is 14.1 Å². The third-order valence-electron chi connectivity index (χ3n) is 3.68. The Balaban J connectivity index is 2.06. The fourth-order valence-electron chi connectivity index (χ4n) is 2.41. The van der Waals surface area contributed by atoms with Crippen LogP contribution in [-0.4, -0.2) is 55.7 Å². The Morgan fingerprint density at radius 1 is 1.39 bits per heavy atom. The number of nitrogens with zero attached hydrogens (tertiary/aromatic N) is 1. The lowest BCUT2D eigenvalue weighted by Gasteiger charge is -2.24. The lowest BCUT2D eigenvalue weighted by Crippen LogP contribution is -3.06. The van der Waals surface area contributed by atoms with Gasteiger partial charge in [-0.15, -0.1) is 11.8 Å². The number of quaternary nitrogens is 1. The maximum absolute atomic E-state index is 14.0. The van der Waals surface area contributed by atoms with E-state index in [1.54, 1.807) is 25.1 Å². The van der Waals surface area contributed by atoms with Gasteiger partial charge in [-0.05, 0) is 13.0 Å².